The fourth-order valence-corrected chi connectivity index (χ4v) is 3.19. The number of hydrogen-bond donors (Lipinski definition) is 1. The van der Waals surface area contributed by atoms with Crippen molar-refractivity contribution < 1.29 is 14.3 Å². The van der Waals surface area contributed by atoms with Gasteiger partial charge in [-0.2, -0.15) is 5.10 Å². The first-order valence-electron chi connectivity index (χ1n) is 9.93. The summed E-state index contributed by atoms with van der Waals surface area (Å²) in [7, 11) is 1.65. The van der Waals surface area contributed by atoms with Crippen LogP contribution in [0.4, 0.5) is 0 Å². The zero-order valence-corrected chi connectivity index (χ0v) is 17.8. The predicted molar refractivity (Wildman–Crippen MR) is 119 cm³/mol. The van der Waals surface area contributed by atoms with Crippen LogP contribution < -0.4 is 14.9 Å². The normalized spacial score (nSPS) is 10.9. The second-order valence-corrected chi connectivity index (χ2v) is 6.93. The van der Waals surface area contributed by atoms with Crippen molar-refractivity contribution in [1.82, 2.24) is 9.99 Å². The first-order chi connectivity index (χ1) is 14.5. The Morgan fingerprint density at radius 2 is 1.73 bits per heavy atom. The maximum atomic E-state index is 12.3. The van der Waals surface area contributed by atoms with E-state index < -0.39 is 0 Å². The number of aromatic nitrogens is 1. The Morgan fingerprint density at radius 1 is 1.07 bits per heavy atom. The Labute approximate surface area is 177 Å². The van der Waals surface area contributed by atoms with Gasteiger partial charge in [-0.25, -0.2) is 5.43 Å². The van der Waals surface area contributed by atoms with Gasteiger partial charge < -0.3 is 14.0 Å². The molecule has 0 aliphatic rings. The van der Waals surface area contributed by atoms with E-state index in [-0.39, 0.29) is 5.91 Å². The van der Waals surface area contributed by atoms with Gasteiger partial charge in [-0.1, -0.05) is 6.92 Å². The third-order valence-corrected chi connectivity index (χ3v) is 4.76. The molecule has 0 atom stereocenters. The number of benzene rings is 2. The van der Waals surface area contributed by atoms with Gasteiger partial charge in [0.1, 0.15) is 11.5 Å². The van der Waals surface area contributed by atoms with E-state index in [4.69, 9.17) is 9.47 Å². The van der Waals surface area contributed by atoms with E-state index in [0.717, 1.165) is 40.6 Å². The van der Waals surface area contributed by atoms with E-state index in [1.165, 1.54) is 0 Å². The summed E-state index contributed by atoms with van der Waals surface area (Å²) in [6.07, 6.45) is 2.61. The van der Waals surface area contributed by atoms with E-state index in [0.29, 0.717) is 12.2 Å². The minimum atomic E-state index is -0.266. The van der Waals surface area contributed by atoms with Crippen LogP contribution in [0.2, 0.25) is 0 Å². The quantitative estimate of drug-likeness (QED) is 0.438. The molecule has 0 saturated carbocycles. The Balaban J connectivity index is 1.68. The summed E-state index contributed by atoms with van der Waals surface area (Å²) in [6.45, 7) is 6.77. The lowest BCUT2D eigenvalue weighted by Crippen LogP contribution is -2.17. The molecule has 0 radical (unpaired) electrons. The van der Waals surface area contributed by atoms with E-state index >= 15 is 0 Å². The summed E-state index contributed by atoms with van der Waals surface area (Å²) in [5.41, 5.74) is 7.20. The van der Waals surface area contributed by atoms with Gasteiger partial charge in [0.15, 0.2) is 0 Å². The molecule has 2 aromatic carbocycles. The van der Waals surface area contributed by atoms with E-state index in [1.807, 2.05) is 51.1 Å². The molecule has 1 aromatic heterocycles. The van der Waals surface area contributed by atoms with Crippen molar-refractivity contribution in [1.29, 1.82) is 0 Å². The van der Waals surface area contributed by atoms with Crippen molar-refractivity contribution in [3.8, 4) is 17.2 Å². The number of rotatable bonds is 8. The highest BCUT2D eigenvalue weighted by molar-refractivity contribution is 5.95. The van der Waals surface area contributed by atoms with E-state index in [2.05, 4.69) is 15.1 Å². The third kappa shape index (κ3) is 4.89. The molecule has 0 spiro atoms. The molecule has 0 fully saturated rings. The van der Waals surface area contributed by atoms with Crippen LogP contribution in [0.5, 0.6) is 11.5 Å². The van der Waals surface area contributed by atoms with Crippen molar-refractivity contribution in [2.45, 2.75) is 27.2 Å². The van der Waals surface area contributed by atoms with Gasteiger partial charge in [0.05, 0.1) is 19.9 Å². The number of methoxy groups -OCH3 is 1. The Morgan fingerprint density at radius 3 is 2.37 bits per heavy atom. The number of carbonyl (C=O) groups excluding carboxylic acids is 1. The van der Waals surface area contributed by atoms with Crippen molar-refractivity contribution in [3.05, 3.63) is 77.1 Å². The topological polar surface area (TPSA) is 64.8 Å². The lowest BCUT2D eigenvalue weighted by molar-refractivity contribution is 0.0955. The monoisotopic (exact) mass is 405 g/mol. The first kappa shape index (κ1) is 21.2. The molecule has 1 amide bonds. The Bertz CT molecular complexity index is 1020. The number of hydrazone groups is 1. The summed E-state index contributed by atoms with van der Waals surface area (Å²) < 4.78 is 12.9. The lowest BCUT2D eigenvalue weighted by Gasteiger charge is -2.10. The minimum Gasteiger partial charge on any atom is -0.497 e. The molecule has 6 nitrogen and oxygen atoms in total. The Kier molecular flexibility index (Phi) is 6.91. The van der Waals surface area contributed by atoms with Crippen LogP contribution in [-0.2, 0) is 0 Å². The zero-order chi connectivity index (χ0) is 21.5. The standard InChI is InChI=1S/C24H27N3O3/c1-5-14-30-23-10-6-19(7-11-23)24(28)26-25-16-20-15-17(2)27(18(20)3)21-8-12-22(29-4)13-9-21/h6-13,15-16H,5,14H2,1-4H3,(H,26,28)/b25-16-. The molecule has 0 aliphatic carbocycles. The molecule has 0 aliphatic heterocycles. The van der Waals surface area contributed by atoms with Gasteiger partial charge in [-0.05, 0) is 74.9 Å². The molecule has 1 N–H and O–H groups in total. The molecule has 0 saturated heterocycles. The first-order valence-corrected chi connectivity index (χ1v) is 9.93. The third-order valence-electron chi connectivity index (χ3n) is 4.76. The molecular formula is C24H27N3O3. The second-order valence-electron chi connectivity index (χ2n) is 6.93. The van der Waals surface area contributed by atoms with Gasteiger partial charge >= 0.3 is 0 Å². The van der Waals surface area contributed by atoms with Crippen LogP contribution in [-0.4, -0.2) is 30.4 Å². The predicted octanol–water partition coefficient (Wildman–Crippen LogP) is 4.66. The number of nitrogens with zero attached hydrogens (tertiary/aromatic N) is 2. The number of nitrogens with one attached hydrogen (secondary N) is 1. The molecule has 0 unspecified atom stereocenters. The highest BCUT2D eigenvalue weighted by Crippen LogP contribution is 2.22. The number of ether oxygens (including phenoxy) is 2. The van der Waals surface area contributed by atoms with Crippen LogP contribution in [0, 0.1) is 13.8 Å². The molecule has 3 rings (SSSR count). The maximum Gasteiger partial charge on any atom is 0.271 e. The number of amides is 1. The van der Waals surface area contributed by atoms with Crippen molar-refractivity contribution in [3.63, 3.8) is 0 Å². The molecule has 1 heterocycles. The van der Waals surface area contributed by atoms with Crippen LogP contribution in [0.1, 0.15) is 40.7 Å². The summed E-state index contributed by atoms with van der Waals surface area (Å²) in [5.74, 6) is 1.30. The van der Waals surface area contributed by atoms with Gasteiger partial charge in [0.2, 0.25) is 0 Å². The SMILES string of the molecule is CCCOc1ccc(C(=O)N/N=C\c2cc(C)n(-c3ccc(OC)cc3)c2C)cc1. The van der Waals surface area contributed by atoms with Gasteiger partial charge in [-0.3, -0.25) is 4.79 Å². The lowest BCUT2D eigenvalue weighted by atomic mass is 10.2. The minimum absolute atomic E-state index is 0.266. The second kappa shape index (κ2) is 9.78. The summed E-state index contributed by atoms with van der Waals surface area (Å²) in [6, 6.07) is 17.0. The fraction of sp³-hybridized carbons (Fsp3) is 0.250. The highest BCUT2D eigenvalue weighted by atomic mass is 16.5. The average molecular weight is 405 g/mol. The highest BCUT2D eigenvalue weighted by Gasteiger charge is 2.10. The summed E-state index contributed by atoms with van der Waals surface area (Å²) >= 11 is 0. The summed E-state index contributed by atoms with van der Waals surface area (Å²) in [4.78, 5) is 12.3. The van der Waals surface area contributed by atoms with Gasteiger partial charge in [-0.15, -0.1) is 0 Å². The smallest absolute Gasteiger partial charge is 0.271 e. The number of aryl methyl sites for hydroxylation is 1. The number of hydrogen-bond acceptors (Lipinski definition) is 4. The van der Waals surface area contributed by atoms with E-state index in [1.54, 1.807) is 37.6 Å². The Hall–Kier alpha value is -3.54. The van der Waals surface area contributed by atoms with Crippen molar-refractivity contribution in [2.75, 3.05) is 13.7 Å². The van der Waals surface area contributed by atoms with Crippen LogP contribution in [0.15, 0.2) is 59.7 Å². The molecule has 0 bridgehead atoms. The zero-order valence-electron chi connectivity index (χ0n) is 17.8. The number of carbonyl (C=O) groups is 1. The molecular weight excluding hydrogens is 378 g/mol. The molecule has 156 valence electrons. The largest absolute Gasteiger partial charge is 0.497 e. The van der Waals surface area contributed by atoms with E-state index in [9.17, 15) is 4.79 Å². The van der Waals surface area contributed by atoms with Gasteiger partial charge in [0.25, 0.3) is 5.91 Å². The average Bonchev–Trinajstić information content (AvgIpc) is 3.05. The molecule has 3 aromatic rings. The fourth-order valence-electron chi connectivity index (χ4n) is 3.19. The van der Waals surface area contributed by atoms with Crippen molar-refractivity contribution >= 4 is 12.1 Å². The maximum absolute atomic E-state index is 12.3. The van der Waals surface area contributed by atoms with Crippen LogP contribution >= 0.6 is 0 Å². The van der Waals surface area contributed by atoms with Crippen molar-refractivity contribution in [2.24, 2.45) is 5.10 Å². The molecule has 30 heavy (non-hydrogen) atoms. The van der Waals surface area contributed by atoms with Crippen LogP contribution in [0.25, 0.3) is 5.69 Å². The summed E-state index contributed by atoms with van der Waals surface area (Å²) in [5, 5.41) is 4.14. The van der Waals surface area contributed by atoms with Crippen LogP contribution in [0.3, 0.4) is 0 Å². The molecule has 6 heteroatoms. The van der Waals surface area contributed by atoms with Gasteiger partial charge in [0, 0.05) is 28.2 Å².